The molecule has 30 heavy (non-hydrogen) atoms. The molecule has 3 aromatic heterocycles. The number of nitrogens with zero attached hydrogens (tertiary/aromatic N) is 3. The van der Waals surface area contributed by atoms with Crippen LogP contribution in [-0.2, 0) is 0 Å². The molecule has 0 radical (unpaired) electrons. The number of halogens is 1. The standard InChI is InChI=1S/C26H20FN3/c1-17-5-3-6-21(13-17)26-29-16-22-15-19(10-12-30(22)26)23-7-4-11-28-25(23)20-8-9-24(27)18(2)14-20/h3-16H,1-2H3. The maximum absolute atomic E-state index is 13.7. The van der Waals surface area contributed by atoms with E-state index in [1.807, 2.05) is 36.7 Å². The van der Waals surface area contributed by atoms with Crippen molar-refractivity contribution in [2.45, 2.75) is 13.8 Å². The average molecular weight is 393 g/mol. The van der Waals surface area contributed by atoms with Gasteiger partial charge in [-0.3, -0.25) is 9.38 Å². The quantitative estimate of drug-likeness (QED) is 0.351. The minimum Gasteiger partial charge on any atom is -0.300 e. The Hall–Kier alpha value is -3.79. The molecule has 3 heterocycles. The summed E-state index contributed by atoms with van der Waals surface area (Å²) in [6.45, 7) is 3.85. The lowest BCUT2D eigenvalue weighted by atomic mass is 9.99. The van der Waals surface area contributed by atoms with E-state index in [0.717, 1.165) is 39.3 Å². The smallest absolute Gasteiger partial charge is 0.144 e. The fourth-order valence-corrected chi connectivity index (χ4v) is 3.83. The first-order valence-corrected chi connectivity index (χ1v) is 9.86. The third-order valence-corrected chi connectivity index (χ3v) is 5.36. The summed E-state index contributed by atoms with van der Waals surface area (Å²) in [5.41, 5.74) is 7.70. The van der Waals surface area contributed by atoms with Gasteiger partial charge in [0.25, 0.3) is 0 Å². The summed E-state index contributed by atoms with van der Waals surface area (Å²) in [6, 6.07) is 21.6. The first kappa shape index (κ1) is 18.3. The van der Waals surface area contributed by atoms with Crippen molar-refractivity contribution in [3.63, 3.8) is 0 Å². The SMILES string of the molecule is Cc1cccc(-c2ncc3cc(-c4cccnc4-c4ccc(F)c(C)c4)ccn23)c1. The van der Waals surface area contributed by atoms with Crippen molar-refractivity contribution in [1.29, 1.82) is 0 Å². The lowest BCUT2D eigenvalue weighted by molar-refractivity contribution is 0.619. The van der Waals surface area contributed by atoms with E-state index in [1.165, 1.54) is 11.6 Å². The number of fused-ring (bicyclic) bond motifs is 1. The molecular weight excluding hydrogens is 373 g/mol. The molecular formula is C26H20FN3. The van der Waals surface area contributed by atoms with Gasteiger partial charge in [-0.25, -0.2) is 9.37 Å². The van der Waals surface area contributed by atoms with E-state index in [4.69, 9.17) is 0 Å². The van der Waals surface area contributed by atoms with Crippen LogP contribution in [0.15, 0.2) is 85.3 Å². The highest BCUT2D eigenvalue weighted by molar-refractivity contribution is 5.82. The van der Waals surface area contributed by atoms with Gasteiger partial charge in [0.1, 0.15) is 11.6 Å². The monoisotopic (exact) mass is 393 g/mol. The molecule has 0 spiro atoms. The number of pyridine rings is 2. The molecule has 5 rings (SSSR count). The molecule has 5 aromatic rings. The fraction of sp³-hybridized carbons (Fsp3) is 0.0769. The number of hydrogen-bond donors (Lipinski definition) is 0. The molecule has 0 saturated heterocycles. The van der Waals surface area contributed by atoms with Gasteiger partial charge in [0.05, 0.1) is 17.4 Å². The van der Waals surface area contributed by atoms with Crippen LogP contribution in [0.2, 0.25) is 0 Å². The molecule has 4 heteroatoms. The van der Waals surface area contributed by atoms with Crippen LogP contribution in [0.4, 0.5) is 4.39 Å². The van der Waals surface area contributed by atoms with Gasteiger partial charge in [-0.2, -0.15) is 0 Å². The summed E-state index contributed by atoms with van der Waals surface area (Å²) in [5.74, 6) is 0.710. The Balaban J connectivity index is 1.62. The van der Waals surface area contributed by atoms with Crippen molar-refractivity contribution in [2.75, 3.05) is 0 Å². The molecule has 0 bridgehead atoms. The van der Waals surface area contributed by atoms with Gasteiger partial charge in [-0.15, -0.1) is 0 Å². The summed E-state index contributed by atoms with van der Waals surface area (Å²) >= 11 is 0. The first-order chi connectivity index (χ1) is 14.6. The largest absolute Gasteiger partial charge is 0.300 e. The number of imidazole rings is 1. The Bertz CT molecular complexity index is 1380. The van der Waals surface area contributed by atoms with Gasteiger partial charge in [0.15, 0.2) is 0 Å². The fourth-order valence-electron chi connectivity index (χ4n) is 3.83. The van der Waals surface area contributed by atoms with E-state index in [-0.39, 0.29) is 5.82 Å². The molecule has 0 fully saturated rings. The zero-order valence-electron chi connectivity index (χ0n) is 16.8. The molecule has 0 aliphatic carbocycles. The Morgan fingerprint density at radius 3 is 2.53 bits per heavy atom. The number of aryl methyl sites for hydroxylation is 2. The number of benzene rings is 2. The minimum atomic E-state index is -0.208. The summed E-state index contributed by atoms with van der Waals surface area (Å²) in [5, 5.41) is 0. The van der Waals surface area contributed by atoms with Crippen molar-refractivity contribution in [2.24, 2.45) is 0 Å². The van der Waals surface area contributed by atoms with Gasteiger partial charge in [-0.1, -0.05) is 29.8 Å². The Morgan fingerprint density at radius 1 is 0.800 bits per heavy atom. The van der Waals surface area contributed by atoms with Crippen LogP contribution < -0.4 is 0 Å². The molecule has 0 unspecified atom stereocenters. The van der Waals surface area contributed by atoms with Crippen molar-refractivity contribution in [1.82, 2.24) is 14.4 Å². The third-order valence-electron chi connectivity index (χ3n) is 5.36. The minimum absolute atomic E-state index is 0.208. The second kappa shape index (κ2) is 7.23. The van der Waals surface area contributed by atoms with Gasteiger partial charge in [-0.05, 0) is 67.4 Å². The zero-order chi connectivity index (χ0) is 20.7. The molecule has 0 amide bonds. The van der Waals surface area contributed by atoms with Crippen molar-refractivity contribution >= 4 is 5.52 Å². The molecule has 0 N–H and O–H groups in total. The molecule has 2 aromatic carbocycles. The van der Waals surface area contributed by atoms with E-state index in [2.05, 4.69) is 51.6 Å². The van der Waals surface area contributed by atoms with E-state index < -0.39 is 0 Å². The lowest BCUT2D eigenvalue weighted by Gasteiger charge is -2.11. The molecule has 0 aliphatic heterocycles. The topological polar surface area (TPSA) is 30.2 Å². The van der Waals surface area contributed by atoms with E-state index >= 15 is 0 Å². The summed E-state index contributed by atoms with van der Waals surface area (Å²) < 4.78 is 15.8. The van der Waals surface area contributed by atoms with E-state index in [0.29, 0.717) is 5.56 Å². The summed E-state index contributed by atoms with van der Waals surface area (Å²) in [6.07, 6.45) is 5.70. The molecule has 0 saturated carbocycles. The maximum Gasteiger partial charge on any atom is 0.144 e. The predicted octanol–water partition coefficient (Wildman–Crippen LogP) is 6.49. The van der Waals surface area contributed by atoms with Crippen LogP contribution >= 0.6 is 0 Å². The van der Waals surface area contributed by atoms with Gasteiger partial charge >= 0.3 is 0 Å². The Kier molecular flexibility index (Phi) is 4.40. The normalized spacial score (nSPS) is 11.2. The second-order valence-corrected chi connectivity index (χ2v) is 7.53. The molecule has 3 nitrogen and oxygen atoms in total. The van der Waals surface area contributed by atoms with E-state index in [9.17, 15) is 4.39 Å². The number of rotatable bonds is 3. The van der Waals surface area contributed by atoms with Gasteiger partial charge in [0, 0.05) is 29.1 Å². The van der Waals surface area contributed by atoms with Crippen LogP contribution in [0, 0.1) is 19.7 Å². The zero-order valence-corrected chi connectivity index (χ0v) is 16.8. The van der Waals surface area contributed by atoms with Crippen LogP contribution in [0.25, 0.3) is 39.3 Å². The second-order valence-electron chi connectivity index (χ2n) is 7.53. The van der Waals surface area contributed by atoms with E-state index in [1.54, 1.807) is 19.2 Å². The maximum atomic E-state index is 13.7. The van der Waals surface area contributed by atoms with Crippen LogP contribution in [-0.4, -0.2) is 14.4 Å². The Labute approximate surface area is 174 Å². The first-order valence-electron chi connectivity index (χ1n) is 9.86. The highest BCUT2D eigenvalue weighted by Crippen LogP contribution is 2.32. The molecule has 146 valence electrons. The molecule has 0 atom stereocenters. The van der Waals surface area contributed by atoms with Gasteiger partial charge in [0.2, 0.25) is 0 Å². The van der Waals surface area contributed by atoms with Crippen molar-refractivity contribution in [3.8, 4) is 33.8 Å². The van der Waals surface area contributed by atoms with Crippen LogP contribution in [0.1, 0.15) is 11.1 Å². The third kappa shape index (κ3) is 3.16. The van der Waals surface area contributed by atoms with Crippen LogP contribution in [0.5, 0.6) is 0 Å². The van der Waals surface area contributed by atoms with Crippen LogP contribution in [0.3, 0.4) is 0 Å². The summed E-state index contributed by atoms with van der Waals surface area (Å²) in [7, 11) is 0. The van der Waals surface area contributed by atoms with Crippen molar-refractivity contribution in [3.05, 3.63) is 102 Å². The highest BCUT2D eigenvalue weighted by Gasteiger charge is 2.12. The number of aromatic nitrogens is 3. The highest BCUT2D eigenvalue weighted by atomic mass is 19.1. The lowest BCUT2D eigenvalue weighted by Crippen LogP contribution is -1.93. The summed E-state index contributed by atoms with van der Waals surface area (Å²) in [4.78, 5) is 9.24. The average Bonchev–Trinajstić information content (AvgIpc) is 3.19. The number of hydrogen-bond acceptors (Lipinski definition) is 2. The molecule has 0 aliphatic rings. The van der Waals surface area contributed by atoms with Crippen molar-refractivity contribution < 1.29 is 4.39 Å². The Morgan fingerprint density at radius 2 is 1.70 bits per heavy atom. The van der Waals surface area contributed by atoms with Gasteiger partial charge < -0.3 is 0 Å². The predicted molar refractivity (Wildman–Crippen MR) is 119 cm³/mol.